The number of aromatic amines is 2. The summed E-state index contributed by atoms with van der Waals surface area (Å²) in [4.78, 5) is 59.8. The van der Waals surface area contributed by atoms with E-state index in [1.54, 1.807) is 24.5 Å². The van der Waals surface area contributed by atoms with Crippen LogP contribution in [0.25, 0.3) is 21.8 Å². The van der Waals surface area contributed by atoms with E-state index in [2.05, 4.69) is 25.9 Å². The maximum atomic E-state index is 13.9. The Morgan fingerprint density at radius 1 is 0.660 bits per heavy atom. The van der Waals surface area contributed by atoms with Gasteiger partial charge in [-0.3, -0.25) is 14.4 Å². The first-order chi connectivity index (χ1) is 24.1. The number of hydrogen-bond acceptors (Lipinski definition) is 7. The Labute approximate surface area is 288 Å². The number of aromatic hydroxyl groups is 1. The van der Waals surface area contributed by atoms with Gasteiger partial charge >= 0.3 is 5.97 Å². The van der Waals surface area contributed by atoms with Gasteiger partial charge in [0, 0.05) is 47.0 Å². The van der Waals surface area contributed by atoms with E-state index >= 15 is 0 Å². The van der Waals surface area contributed by atoms with Crippen molar-refractivity contribution in [3.63, 3.8) is 0 Å². The van der Waals surface area contributed by atoms with Crippen LogP contribution < -0.4 is 27.4 Å². The minimum Gasteiger partial charge on any atom is -0.508 e. The number of amides is 3. The molecule has 2 heterocycles. The zero-order chi connectivity index (χ0) is 35.6. The molecule has 0 saturated heterocycles. The summed E-state index contributed by atoms with van der Waals surface area (Å²) >= 11 is 0. The predicted molar refractivity (Wildman–Crippen MR) is 190 cm³/mol. The number of carboxylic acids is 1. The molecule has 0 saturated carbocycles. The van der Waals surface area contributed by atoms with Crippen LogP contribution in [0.5, 0.6) is 5.75 Å². The standard InChI is InChI=1S/C37H43N7O6/c38-16-6-5-11-31(42-34(46)28(39)17-22-12-14-25(45)15-13-22)35(47)43-32(18-23-20-40-29-9-3-1-7-26(23)29)36(48)44-33(37(49)50)19-24-21-41-30-10-4-2-8-27(24)30/h1-4,7-10,12-15,20-21,28,31-33,40-41,45H,5-6,11,16-19,38-39H2,(H,42,46)(H,43,47)(H,44,48)(H,49,50). The molecule has 3 amide bonds. The summed E-state index contributed by atoms with van der Waals surface area (Å²) in [5.41, 5.74) is 15.8. The van der Waals surface area contributed by atoms with E-state index in [-0.39, 0.29) is 31.4 Å². The summed E-state index contributed by atoms with van der Waals surface area (Å²) in [6.07, 6.45) is 5.06. The fourth-order valence-corrected chi connectivity index (χ4v) is 6.01. The molecule has 11 N–H and O–H groups in total. The average Bonchev–Trinajstić information content (AvgIpc) is 3.72. The Hall–Kier alpha value is -5.66. The van der Waals surface area contributed by atoms with Gasteiger partial charge in [-0.2, -0.15) is 0 Å². The number of H-pyrrole nitrogens is 2. The fraction of sp³-hybridized carbons (Fsp3) is 0.297. The molecule has 4 unspecified atom stereocenters. The number of carbonyl (C=O) groups excluding carboxylic acids is 3. The molecule has 0 radical (unpaired) electrons. The summed E-state index contributed by atoms with van der Waals surface area (Å²) in [5, 5.41) is 29.6. The minimum atomic E-state index is -1.29. The summed E-state index contributed by atoms with van der Waals surface area (Å²) in [5.74, 6) is -3.01. The van der Waals surface area contributed by atoms with Gasteiger partial charge in [0.15, 0.2) is 0 Å². The number of para-hydroxylation sites is 2. The second kappa shape index (κ2) is 16.6. The van der Waals surface area contributed by atoms with Crippen LogP contribution in [0.1, 0.15) is 36.0 Å². The van der Waals surface area contributed by atoms with Crippen LogP contribution >= 0.6 is 0 Å². The van der Waals surface area contributed by atoms with E-state index < -0.39 is 47.9 Å². The highest BCUT2D eigenvalue weighted by Crippen LogP contribution is 2.21. The highest BCUT2D eigenvalue weighted by Gasteiger charge is 2.31. The molecule has 0 aliphatic rings. The van der Waals surface area contributed by atoms with E-state index in [4.69, 9.17) is 11.5 Å². The fourth-order valence-electron chi connectivity index (χ4n) is 6.01. The summed E-state index contributed by atoms with van der Waals surface area (Å²) in [6, 6.07) is 16.8. The van der Waals surface area contributed by atoms with Crippen molar-refractivity contribution in [2.75, 3.05) is 6.54 Å². The zero-order valence-electron chi connectivity index (χ0n) is 27.5. The van der Waals surface area contributed by atoms with Gasteiger partial charge < -0.3 is 47.6 Å². The number of rotatable bonds is 17. The quantitative estimate of drug-likeness (QED) is 0.0660. The molecule has 4 atom stereocenters. The van der Waals surface area contributed by atoms with Crippen molar-refractivity contribution in [3.05, 3.63) is 102 Å². The van der Waals surface area contributed by atoms with Crippen LogP contribution in [0.4, 0.5) is 0 Å². The Balaban J connectivity index is 1.36. The van der Waals surface area contributed by atoms with Crippen molar-refractivity contribution in [2.24, 2.45) is 11.5 Å². The molecular weight excluding hydrogens is 638 g/mol. The maximum absolute atomic E-state index is 13.9. The Bertz CT molecular complexity index is 1940. The van der Waals surface area contributed by atoms with Gasteiger partial charge in [0.2, 0.25) is 17.7 Å². The number of phenols is 1. The smallest absolute Gasteiger partial charge is 0.326 e. The van der Waals surface area contributed by atoms with Gasteiger partial charge in [-0.05, 0) is 73.2 Å². The number of nitrogens with one attached hydrogen (secondary N) is 5. The van der Waals surface area contributed by atoms with Crippen LogP contribution in [0.3, 0.4) is 0 Å². The van der Waals surface area contributed by atoms with E-state index in [0.717, 1.165) is 38.5 Å². The summed E-state index contributed by atoms with van der Waals surface area (Å²) in [6.45, 7) is 0.390. The van der Waals surface area contributed by atoms with Gasteiger partial charge in [0.1, 0.15) is 23.9 Å². The Morgan fingerprint density at radius 2 is 1.18 bits per heavy atom. The second-order valence-corrected chi connectivity index (χ2v) is 12.4. The van der Waals surface area contributed by atoms with Gasteiger partial charge in [0.05, 0.1) is 6.04 Å². The monoisotopic (exact) mass is 681 g/mol. The molecule has 0 fully saturated rings. The van der Waals surface area contributed by atoms with Crippen LogP contribution in [0.2, 0.25) is 0 Å². The van der Waals surface area contributed by atoms with Gasteiger partial charge in [-0.25, -0.2) is 4.79 Å². The van der Waals surface area contributed by atoms with Crippen molar-refractivity contribution in [1.82, 2.24) is 25.9 Å². The van der Waals surface area contributed by atoms with E-state index in [9.17, 15) is 29.4 Å². The zero-order valence-corrected chi connectivity index (χ0v) is 27.5. The molecule has 0 aliphatic carbocycles. The van der Waals surface area contributed by atoms with E-state index in [0.29, 0.717) is 19.4 Å². The molecule has 5 rings (SSSR count). The lowest BCUT2D eigenvalue weighted by Gasteiger charge is -2.25. The molecular formula is C37H43N7O6. The molecule has 0 bridgehead atoms. The lowest BCUT2D eigenvalue weighted by Crippen LogP contribution is -2.58. The third-order valence-electron chi connectivity index (χ3n) is 8.75. The number of aliphatic carboxylic acids is 1. The van der Waals surface area contributed by atoms with Crippen LogP contribution in [0.15, 0.2) is 85.2 Å². The molecule has 2 aromatic heterocycles. The number of nitrogens with two attached hydrogens (primary N) is 2. The lowest BCUT2D eigenvalue weighted by atomic mass is 10.0. The molecule has 13 heteroatoms. The van der Waals surface area contributed by atoms with E-state index in [1.807, 2.05) is 48.5 Å². The number of phenolic OH excluding ortho intramolecular Hbond substituents is 1. The molecule has 50 heavy (non-hydrogen) atoms. The molecule has 0 spiro atoms. The van der Waals surface area contributed by atoms with Crippen LogP contribution in [-0.4, -0.2) is 74.6 Å². The number of unbranched alkanes of at least 4 members (excludes halogenated alkanes) is 1. The Kier molecular flexibility index (Phi) is 11.9. The third-order valence-corrected chi connectivity index (χ3v) is 8.75. The van der Waals surface area contributed by atoms with Crippen molar-refractivity contribution in [1.29, 1.82) is 0 Å². The highest BCUT2D eigenvalue weighted by molar-refractivity contribution is 5.95. The lowest BCUT2D eigenvalue weighted by molar-refractivity contribution is -0.142. The van der Waals surface area contributed by atoms with E-state index in [1.165, 1.54) is 12.1 Å². The second-order valence-electron chi connectivity index (χ2n) is 12.4. The van der Waals surface area contributed by atoms with Gasteiger partial charge in [-0.15, -0.1) is 0 Å². The number of carboxylic acid groups (broad SMARTS) is 1. The normalized spacial score (nSPS) is 13.7. The number of aromatic nitrogens is 2. The maximum Gasteiger partial charge on any atom is 0.326 e. The Morgan fingerprint density at radius 3 is 1.76 bits per heavy atom. The van der Waals surface area contributed by atoms with Crippen molar-refractivity contribution in [2.45, 2.75) is 62.7 Å². The molecule has 0 aliphatic heterocycles. The largest absolute Gasteiger partial charge is 0.508 e. The number of benzene rings is 3. The number of fused-ring (bicyclic) bond motifs is 2. The summed E-state index contributed by atoms with van der Waals surface area (Å²) < 4.78 is 0. The average molecular weight is 682 g/mol. The molecule has 262 valence electrons. The van der Waals surface area contributed by atoms with Gasteiger partial charge in [-0.1, -0.05) is 48.5 Å². The topological polar surface area (TPSA) is 228 Å². The molecule has 13 nitrogen and oxygen atoms in total. The van der Waals surface area contributed by atoms with Crippen LogP contribution in [-0.2, 0) is 38.4 Å². The molecule has 5 aromatic rings. The minimum absolute atomic E-state index is 0.00945. The van der Waals surface area contributed by atoms with Crippen molar-refractivity contribution >= 4 is 45.5 Å². The first kappa shape index (κ1) is 35.6. The highest BCUT2D eigenvalue weighted by atomic mass is 16.4. The van der Waals surface area contributed by atoms with Crippen molar-refractivity contribution < 1.29 is 29.4 Å². The summed E-state index contributed by atoms with van der Waals surface area (Å²) in [7, 11) is 0. The first-order valence-electron chi connectivity index (χ1n) is 16.6. The molecule has 3 aromatic carbocycles. The third kappa shape index (κ3) is 9.07. The number of carbonyl (C=O) groups is 4. The first-order valence-corrected chi connectivity index (χ1v) is 16.6. The SMILES string of the molecule is NCCCCC(NC(=O)C(N)Cc1ccc(O)cc1)C(=O)NC(Cc1c[nH]c2ccccc12)C(=O)NC(Cc1c[nH]c2ccccc12)C(=O)O. The van der Waals surface area contributed by atoms with Crippen LogP contribution in [0, 0.1) is 0 Å². The number of hydrogen-bond donors (Lipinski definition) is 9. The van der Waals surface area contributed by atoms with Crippen molar-refractivity contribution in [3.8, 4) is 5.75 Å². The predicted octanol–water partition coefficient (Wildman–Crippen LogP) is 2.38. The van der Waals surface area contributed by atoms with Gasteiger partial charge in [0.25, 0.3) is 0 Å².